The molecule has 0 N–H and O–H groups in total. The first-order valence-corrected chi connectivity index (χ1v) is 9.70. The molecule has 0 spiro atoms. The first-order chi connectivity index (χ1) is 11.3. The molecule has 0 radical (unpaired) electrons. The molecule has 0 aliphatic heterocycles. The molecule has 4 nitrogen and oxygen atoms in total. The van der Waals surface area contributed by atoms with Gasteiger partial charge < -0.3 is 0 Å². The zero-order valence-electron chi connectivity index (χ0n) is 15.1. The Balaban J connectivity index is 2.37. The maximum atomic E-state index is 13.2. The van der Waals surface area contributed by atoms with Crippen LogP contribution in [0.4, 0.5) is 0 Å². The Morgan fingerprint density at radius 2 is 1.67 bits per heavy atom. The van der Waals surface area contributed by atoms with Gasteiger partial charge in [-0.15, -0.1) is 0 Å². The lowest BCUT2D eigenvalue weighted by Gasteiger charge is -2.24. The van der Waals surface area contributed by atoms with Gasteiger partial charge in [-0.1, -0.05) is 19.1 Å². The van der Waals surface area contributed by atoms with Gasteiger partial charge in [-0.3, -0.25) is 4.98 Å². The van der Waals surface area contributed by atoms with E-state index in [1.54, 1.807) is 10.5 Å². The van der Waals surface area contributed by atoms with Crippen LogP contribution in [0.3, 0.4) is 0 Å². The Morgan fingerprint density at radius 1 is 1.04 bits per heavy atom. The highest BCUT2D eigenvalue weighted by Gasteiger charge is 2.28. The first-order valence-electron chi connectivity index (χ1n) is 8.26. The number of hydrogen-bond acceptors (Lipinski definition) is 3. The summed E-state index contributed by atoms with van der Waals surface area (Å²) in [6, 6.07) is 7.76. The van der Waals surface area contributed by atoms with Gasteiger partial charge in [0.1, 0.15) is 0 Å². The highest BCUT2D eigenvalue weighted by atomic mass is 32.2. The Hall–Kier alpha value is -1.72. The summed E-state index contributed by atoms with van der Waals surface area (Å²) in [7, 11) is -3.52. The number of nitrogens with zero attached hydrogens (tertiary/aromatic N) is 2. The van der Waals surface area contributed by atoms with E-state index in [0.717, 1.165) is 27.9 Å². The third kappa shape index (κ3) is 3.68. The molecule has 0 saturated heterocycles. The van der Waals surface area contributed by atoms with Crippen LogP contribution >= 0.6 is 0 Å². The normalized spacial score (nSPS) is 11.9. The lowest BCUT2D eigenvalue weighted by Crippen LogP contribution is -2.34. The maximum absolute atomic E-state index is 13.2. The van der Waals surface area contributed by atoms with Crippen LogP contribution < -0.4 is 0 Å². The lowest BCUT2D eigenvalue weighted by molar-refractivity contribution is 0.429. The molecule has 1 aromatic carbocycles. The highest BCUT2D eigenvalue weighted by Crippen LogP contribution is 2.28. The molecular weight excluding hydrogens is 320 g/mol. The number of likely N-dealkylation sites (N-methyl/N-ethyl adjacent to an activating group) is 1. The molecule has 0 aliphatic rings. The smallest absolute Gasteiger partial charge is 0.243 e. The number of pyridine rings is 1. The van der Waals surface area contributed by atoms with Gasteiger partial charge in [0.25, 0.3) is 0 Å². The molecule has 0 bridgehead atoms. The summed E-state index contributed by atoms with van der Waals surface area (Å²) in [5, 5.41) is 0. The van der Waals surface area contributed by atoms with E-state index in [0.29, 0.717) is 24.4 Å². The van der Waals surface area contributed by atoms with E-state index < -0.39 is 10.0 Å². The minimum Gasteiger partial charge on any atom is -0.261 e. The quantitative estimate of drug-likeness (QED) is 0.803. The van der Waals surface area contributed by atoms with Gasteiger partial charge in [0.15, 0.2) is 0 Å². The monoisotopic (exact) mass is 346 g/mol. The fraction of sp³-hybridized carbons (Fsp3) is 0.421. The average Bonchev–Trinajstić information content (AvgIpc) is 2.54. The average molecular weight is 346 g/mol. The molecule has 0 aliphatic carbocycles. The van der Waals surface area contributed by atoms with Crippen molar-refractivity contribution in [3.05, 3.63) is 58.4 Å². The molecule has 1 aromatic heterocycles. The van der Waals surface area contributed by atoms with E-state index in [-0.39, 0.29) is 0 Å². The number of hydrogen-bond donors (Lipinski definition) is 0. The van der Waals surface area contributed by atoms with E-state index in [9.17, 15) is 8.42 Å². The van der Waals surface area contributed by atoms with Gasteiger partial charge in [-0.05, 0) is 62.1 Å². The van der Waals surface area contributed by atoms with Crippen molar-refractivity contribution in [3.8, 4) is 0 Å². The Morgan fingerprint density at radius 3 is 2.17 bits per heavy atom. The Labute approximate surface area is 145 Å². The van der Waals surface area contributed by atoms with Crippen molar-refractivity contribution in [1.82, 2.24) is 9.29 Å². The van der Waals surface area contributed by atoms with Crippen LogP contribution in [0.15, 0.2) is 35.4 Å². The van der Waals surface area contributed by atoms with Crippen LogP contribution in [0.2, 0.25) is 0 Å². The Kier molecular flexibility index (Phi) is 5.78. The number of sulfonamides is 1. The van der Waals surface area contributed by atoms with Gasteiger partial charge in [0, 0.05) is 31.4 Å². The second kappa shape index (κ2) is 7.45. The van der Waals surface area contributed by atoms with Crippen molar-refractivity contribution < 1.29 is 8.42 Å². The molecule has 0 unspecified atom stereocenters. The predicted octanol–water partition coefficient (Wildman–Crippen LogP) is 3.57. The van der Waals surface area contributed by atoms with Crippen molar-refractivity contribution in [2.75, 3.05) is 13.1 Å². The zero-order chi connectivity index (χ0) is 17.9. The summed E-state index contributed by atoms with van der Waals surface area (Å²) in [4.78, 5) is 4.74. The van der Waals surface area contributed by atoms with Crippen molar-refractivity contribution in [2.24, 2.45) is 0 Å². The summed E-state index contributed by atoms with van der Waals surface area (Å²) in [6.45, 7) is 10.5. The highest BCUT2D eigenvalue weighted by molar-refractivity contribution is 7.89. The summed E-state index contributed by atoms with van der Waals surface area (Å²) in [5.41, 5.74) is 4.61. The number of aromatic nitrogens is 1. The summed E-state index contributed by atoms with van der Waals surface area (Å²) < 4.78 is 28.0. The van der Waals surface area contributed by atoms with Crippen LogP contribution in [0.1, 0.15) is 34.9 Å². The molecule has 0 fully saturated rings. The minimum absolute atomic E-state index is 0.432. The number of benzene rings is 1. The third-order valence-electron chi connectivity index (χ3n) is 4.59. The van der Waals surface area contributed by atoms with Crippen molar-refractivity contribution in [1.29, 1.82) is 0 Å². The van der Waals surface area contributed by atoms with Crippen molar-refractivity contribution in [3.63, 3.8) is 0 Å². The maximum Gasteiger partial charge on any atom is 0.243 e. The van der Waals surface area contributed by atoms with Crippen LogP contribution in [0.25, 0.3) is 0 Å². The zero-order valence-corrected chi connectivity index (χ0v) is 15.9. The van der Waals surface area contributed by atoms with E-state index in [2.05, 4.69) is 4.98 Å². The van der Waals surface area contributed by atoms with E-state index in [1.165, 1.54) is 0 Å². The SMILES string of the molecule is CCN(CCc1ccccn1)S(=O)(=O)c1c(C)c(C)cc(C)c1C. The largest absolute Gasteiger partial charge is 0.261 e. The standard InChI is InChI=1S/C19H26N2O2S/c1-6-21(12-10-18-9-7-8-11-20-18)24(22,23)19-16(4)14(2)13-15(3)17(19)5/h7-9,11,13H,6,10,12H2,1-5H3. The van der Waals surface area contributed by atoms with Crippen LogP contribution in [0.5, 0.6) is 0 Å². The van der Waals surface area contributed by atoms with Gasteiger partial charge in [0.2, 0.25) is 10.0 Å². The fourth-order valence-corrected chi connectivity index (χ4v) is 4.96. The van der Waals surface area contributed by atoms with Crippen molar-refractivity contribution in [2.45, 2.75) is 45.9 Å². The van der Waals surface area contributed by atoms with E-state index >= 15 is 0 Å². The van der Waals surface area contributed by atoms with Gasteiger partial charge in [-0.2, -0.15) is 4.31 Å². The predicted molar refractivity (Wildman–Crippen MR) is 97.8 cm³/mol. The topological polar surface area (TPSA) is 50.3 Å². The first kappa shape index (κ1) is 18.6. The van der Waals surface area contributed by atoms with Crippen LogP contribution in [-0.2, 0) is 16.4 Å². The molecule has 130 valence electrons. The Bertz CT molecular complexity index is 789. The summed E-state index contributed by atoms with van der Waals surface area (Å²) in [5.74, 6) is 0. The fourth-order valence-electron chi connectivity index (χ4n) is 2.93. The molecule has 1 heterocycles. The molecule has 0 amide bonds. The molecule has 5 heteroatoms. The van der Waals surface area contributed by atoms with Crippen LogP contribution in [0, 0.1) is 27.7 Å². The number of rotatable bonds is 6. The van der Waals surface area contributed by atoms with Gasteiger partial charge in [0.05, 0.1) is 4.90 Å². The summed E-state index contributed by atoms with van der Waals surface area (Å²) in [6.07, 6.45) is 2.34. The molecule has 0 atom stereocenters. The van der Waals surface area contributed by atoms with Gasteiger partial charge in [-0.25, -0.2) is 8.42 Å². The molecule has 0 saturated carbocycles. The third-order valence-corrected chi connectivity index (χ3v) is 6.84. The second-order valence-electron chi connectivity index (χ2n) is 6.16. The minimum atomic E-state index is -3.52. The molecular formula is C19H26N2O2S. The molecule has 2 aromatic rings. The summed E-state index contributed by atoms with van der Waals surface area (Å²) >= 11 is 0. The number of aryl methyl sites for hydroxylation is 2. The molecule has 24 heavy (non-hydrogen) atoms. The lowest BCUT2D eigenvalue weighted by atomic mass is 10.0. The van der Waals surface area contributed by atoms with Crippen molar-refractivity contribution >= 4 is 10.0 Å². The second-order valence-corrected chi connectivity index (χ2v) is 8.03. The molecule has 2 rings (SSSR count). The van der Waals surface area contributed by atoms with E-state index in [1.807, 2.05) is 58.9 Å². The van der Waals surface area contributed by atoms with Crippen LogP contribution in [-0.4, -0.2) is 30.8 Å². The van der Waals surface area contributed by atoms with E-state index in [4.69, 9.17) is 0 Å². The van der Waals surface area contributed by atoms with Gasteiger partial charge >= 0.3 is 0 Å².